The topological polar surface area (TPSA) is 59.8 Å². The summed E-state index contributed by atoms with van der Waals surface area (Å²) in [5, 5.41) is 5.34. The minimum atomic E-state index is -0.178. The monoisotopic (exact) mass is 348 g/mol. The van der Waals surface area contributed by atoms with E-state index in [1.54, 1.807) is 0 Å². The van der Waals surface area contributed by atoms with E-state index in [9.17, 15) is 4.79 Å². The summed E-state index contributed by atoms with van der Waals surface area (Å²) in [6, 6.07) is 15.6. The highest BCUT2D eigenvalue weighted by Crippen LogP contribution is 2.23. The predicted octanol–water partition coefficient (Wildman–Crippen LogP) is 4.35. The molecule has 1 N–H and O–H groups in total. The maximum absolute atomic E-state index is 12.4. The molecule has 2 heterocycles. The molecule has 0 spiro atoms. The Kier molecular flexibility index (Phi) is 3.82. The van der Waals surface area contributed by atoms with Gasteiger partial charge in [-0.15, -0.1) is 11.3 Å². The van der Waals surface area contributed by atoms with Gasteiger partial charge in [-0.1, -0.05) is 18.2 Å². The molecule has 0 atom stereocenters. The van der Waals surface area contributed by atoms with Crippen LogP contribution in [-0.4, -0.2) is 20.4 Å². The van der Waals surface area contributed by atoms with E-state index in [1.807, 2.05) is 67.8 Å². The maximum Gasteiger partial charge on any atom is 0.257 e. The van der Waals surface area contributed by atoms with Crippen LogP contribution in [0.15, 0.2) is 53.9 Å². The van der Waals surface area contributed by atoms with Crippen LogP contribution in [0.25, 0.3) is 16.7 Å². The largest absolute Gasteiger partial charge is 0.298 e. The number of para-hydroxylation sites is 1. The molecule has 124 valence electrons. The first-order chi connectivity index (χ1) is 12.1. The quantitative estimate of drug-likeness (QED) is 0.599. The van der Waals surface area contributed by atoms with Crippen LogP contribution in [0.4, 0.5) is 5.13 Å². The van der Waals surface area contributed by atoms with Crippen LogP contribution < -0.4 is 5.32 Å². The standard InChI is InChI=1S/C19H16N4OS/c1-12-11-25-19(20-12)22-18(24)14-8-9-17-16(10-14)21-13(2)23(17)15-6-4-3-5-7-15/h3-11H,1-2H3,(H,20,22,24). The lowest BCUT2D eigenvalue weighted by Gasteiger charge is -2.07. The molecule has 0 unspecified atom stereocenters. The van der Waals surface area contributed by atoms with Crippen LogP contribution in [0.2, 0.25) is 0 Å². The Bertz CT molecular complexity index is 1070. The summed E-state index contributed by atoms with van der Waals surface area (Å²) in [5.74, 6) is 0.706. The molecule has 0 bridgehead atoms. The van der Waals surface area contributed by atoms with Gasteiger partial charge in [0.15, 0.2) is 5.13 Å². The number of aryl methyl sites for hydroxylation is 2. The van der Waals surface area contributed by atoms with Crippen molar-refractivity contribution in [3.63, 3.8) is 0 Å². The van der Waals surface area contributed by atoms with E-state index < -0.39 is 0 Å². The molecule has 5 nitrogen and oxygen atoms in total. The Morgan fingerprint density at radius 3 is 2.60 bits per heavy atom. The van der Waals surface area contributed by atoms with Gasteiger partial charge in [0.05, 0.1) is 16.7 Å². The van der Waals surface area contributed by atoms with Crippen LogP contribution in [-0.2, 0) is 0 Å². The number of aromatic nitrogens is 3. The summed E-state index contributed by atoms with van der Waals surface area (Å²) in [4.78, 5) is 21.3. The van der Waals surface area contributed by atoms with Gasteiger partial charge in [0, 0.05) is 16.6 Å². The summed E-state index contributed by atoms with van der Waals surface area (Å²) >= 11 is 1.42. The van der Waals surface area contributed by atoms with E-state index in [2.05, 4.69) is 19.9 Å². The lowest BCUT2D eigenvalue weighted by atomic mass is 10.2. The van der Waals surface area contributed by atoms with Crippen LogP contribution in [0.5, 0.6) is 0 Å². The van der Waals surface area contributed by atoms with Gasteiger partial charge < -0.3 is 0 Å². The number of nitrogens with one attached hydrogen (secondary N) is 1. The van der Waals surface area contributed by atoms with Crippen molar-refractivity contribution in [1.29, 1.82) is 0 Å². The number of hydrogen-bond donors (Lipinski definition) is 1. The number of carbonyl (C=O) groups is 1. The average Bonchev–Trinajstić information content (AvgIpc) is 3.16. The first-order valence-corrected chi connectivity index (χ1v) is 8.78. The first-order valence-electron chi connectivity index (χ1n) is 7.90. The normalized spacial score (nSPS) is 11.0. The molecule has 0 aliphatic heterocycles. The Balaban J connectivity index is 1.71. The highest BCUT2D eigenvalue weighted by Gasteiger charge is 2.13. The maximum atomic E-state index is 12.4. The van der Waals surface area contributed by atoms with E-state index in [1.165, 1.54) is 11.3 Å². The molecule has 0 aliphatic carbocycles. The van der Waals surface area contributed by atoms with Crippen molar-refractivity contribution < 1.29 is 4.79 Å². The number of thiazole rings is 1. The van der Waals surface area contributed by atoms with Gasteiger partial charge >= 0.3 is 0 Å². The Morgan fingerprint density at radius 1 is 1.08 bits per heavy atom. The fraction of sp³-hybridized carbons (Fsp3) is 0.105. The van der Waals surface area contributed by atoms with Gasteiger partial charge in [0.1, 0.15) is 5.82 Å². The van der Waals surface area contributed by atoms with Gasteiger partial charge in [0.25, 0.3) is 5.91 Å². The molecule has 0 aliphatic rings. The van der Waals surface area contributed by atoms with Gasteiger partial charge in [-0.2, -0.15) is 0 Å². The summed E-state index contributed by atoms with van der Waals surface area (Å²) in [6.45, 7) is 3.86. The second-order valence-corrected chi connectivity index (χ2v) is 6.64. The lowest BCUT2D eigenvalue weighted by molar-refractivity contribution is 0.102. The molecule has 4 rings (SSSR count). The van der Waals surface area contributed by atoms with Gasteiger partial charge in [0.2, 0.25) is 0 Å². The van der Waals surface area contributed by atoms with Crippen molar-refractivity contribution in [2.24, 2.45) is 0 Å². The number of fused-ring (bicyclic) bond motifs is 1. The molecule has 0 radical (unpaired) electrons. The number of anilines is 1. The SMILES string of the molecule is Cc1csc(NC(=O)c2ccc3c(c2)nc(C)n3-c2ccccc2)n1. The molecular formula is C19H16N4OS. The van der Waals surface area contributed by atoms with E-state index in [-0.39, 0.29) is 5.91 Å². The van der Waals surface area contributed by atoms with Crippen molar-refractivity contribution in [2.45, 2.75) is 13.8 Å². The van der Waals surface area contributed by atoms with E-state index in [0.717, 1.165) is 28.2 Å². The third-order valence-electron chi connectivity index (χ3n) is 3.94. The van der Waals surface area contributed by atoms with Gasteiger partial charge in [-0.05, 0) is 44.2 Å². The van der Waals surface area contributed by atoms with Crippen molar-refractivity contribution in [3.8, 4) is 5.69 Å². The minimum absolute atomic E-state index is 0.178. The number of imidazole rings is 1. The smallest absolute Gasteiger partial charge is 0.257 e. The molecule has 2 aromatic heterocycles. The van der Waals surface area contributed by atoms with E-state index >= 15 is 0 Å². The zero-order valence-corrected chi connectivity index (χ0v) is 14.7. The van der Waals surface area contributed by atoms with Crippen LogP contribution in [0.3, 0.4) is 0 Å². The lowest BCUT2D eigenvalue weighted by Crippen LogP contribution is -2.11. The highest BCUT2D eigenvalue weighted by atomic mass is 32.1. The molecule has 0 saturated heterocycles. The Hall–Kier alpha value is -2.99. The number of carbonyl (C=O) groups excluding carboxylic acids is 1. The third-order valence-corrected chi connectivity index (χ3v) is 4.81. The number of benzene rings is 2. The molecule has 0 saturated carbocycles. The van der Waals surface area contributed by atoms with Crippen molar-refractivity contribution in [2.75, 3.05) is 5.32 Å². The molecular weight excluding hydrogens is 332 g/mol. The molecule has 4 aromatic rings. The fourth-order valence-electron chi connectivity index (χ4n) is 2.83. The average molecular weight is 348 g/mol. The number of hydrogen-bond acceptors (Lipinski definition) is 4. The first kappa shape index (κ1) is 15.5. The van der Waals surface area contributed by atoms with Crippen LogP contribution in [0, 0.1) is 13.8 Å². The predicted molar refractivity (Wildman–Crippen MR) is 101 cm³/mol. The second-order valence-electron chi connectivity index (χ2n) is 5.78. The van der Waals surface area contributed by atoms with Crippen molar-refractivity contribution in [3.05, 3.63) is 71.0 Å². The van der Waals surface area contributed by atoms with E-state index in [0.29, 0.717) is 10.7 Å². The molecule has 2 aromatic carbocycles. The van der Waals surface area contributed by atoms with E-state index in [4.69, 9.17) is 0 Å². The van der Waals surface area contributed by atoms with Crippen LogP contribution in [0.1, 0.15) is 21.9 Å². The Morgan fingerprint density at radius 2 is 1.88 bits per heavy atom. The zero-order chi connectivity index (χ0) is 17.4. The Labute approximate surface area is 149 Å². The summed E-state index contributed by atoms with van der Waals surface area (Å²) in [7, 11) is 0. The molecule has 6 heteroatoms. The fourth-order valence-corrected chi connectivity index (χ4v) is 3.51. The van der Waals surface area contributed by atoms with Crippen LogP contribution >= 0.6 is 11.3 Å². The molecule has 1 amide bonds. The zero-order valence-electron chi connectivity index (χ0n) is 13.9. The van der Waals surface area contributed by atoms with Crippen molar-refractivity contribution >= 4 is 33.4 Å². The summed E-state index contributed by atoms with van der Waals surface area (Å²) in [6.07, 6.45) is 0. The summed E-state index contributed by atoms with van der Waals surface area (Å²) in [5.41, 5.74) is 4.29. The molecule has 0 fully saturated rings. The van der Waals surface area contributed by atoms with Crippen molar-refractivity contribution in [1.82, 2.24) is 14.5 Å². The third kappa shape index (κ3) is 2.92. The number of rotatable bonds is 3. The second kappa shape index (κ2) is 6.14. The highest BCUT2D eigenvalue weighted by molar-refractivity contribution is 7.13. The van der Waals surface area contributed by atoms with Gasteiger partial charge in [-0.3, -0.25) is 14.7 Å². The molecule has 25 heavy (non-hydrogen) atoms. The minimum Gasteiger partial charge on any atom is -0.298 e. The number of amides is 1. The number of nitrogens with zero attached hydrogens (tertiary/aromatic N) is 3. The summed E-state index contributed by atoms with van der Waals surface area (Å²) < 4.78 is 2.08. The van der Waals surface area contributed by atoms with Gasteiger partial charge in [-0.25, -0.2) is 9.97 Å².